The van der Waals surface area contributed by atoms with Crippen LogP contribution in [0.3, 0.4) is 0 Å². The maximum absolute atomic E-state index is 6.00. The molecule has 0 radical (unpaired) electrons. The van der Waals surface area contributed by atoms with Crippen molar-refractivity contribution >= 4 is 45.1 Å². The number of allylic oxidation sites excluding steroid dienone is 2. The number of thiazole rings is 1. The number of thioether (sulfide) groups is 1. The van der Waals surface area contributed by atoms with Crippen LogP contribution >= 0.6 is 23.1 Å². The second kappa shape index (κ2) is 7.17. The van der Waals surface area contributed by atoms with Crippen molar-refractivity contribution in [3.8, 4) is 5.75 Å². The summed E-state index contributed by atoms with van der Waals surface area (Å²) in [7, 11) is 2.04. The van der Waals surface area contributed by atoms with Crippen molar-refractivity contribution in [3.63, 3.8) is 0 Å². The van der Waals surface area contributed by atoms with Crippen LogP contribution < -0.4 is 14.2 Å². The lowest BCUT2D eigenvalue weighted by Crippen LogP contribution is -2.33. The molecule has 132 valence electrons. The van der Waals surface area contributed by atoms with Gasteiger partial charge in [0.1, 0.15) is 11.2 Å². The molecule has 1 aliphatic heterocycles. The van der Waals surface area contributed by atoms with Gasteiger partial charge in [-0.3, -0.25) is 0 Å². The van der Waals surface area contributed by atoms with Gasteiger partial charge in [-0.1, -0.05) is 23.5 Å². The summed E-state index contributed by atoms with van der Waals surface area (Å²) in [4.78, 5) is 3.34. The van der Waals surface area contributed by atoms with Gasteiger partial charge in [-0.25, -0.2) is 0 Å². The van der Waals surface area contributed by atoms with Crippen LogP contribution in [0.5, 0.6) is 5.75 Å². The topological polar surface area (TPSA) is 16.4 Å². The van der Waals surface area contributed by atoms with E-state index in [2.05, 4.69) is 71.2 Å². The lowest BCUT2D eigenvalue weighted by atomic mass is 10.3. The van der Waals surface area contributed by atoms with Gasteiger partial charge >= 0.3 is 0 Å². The Labute approximate surface area is 162 Å². The summed E-state index contributed by atoms with van der Waals surface area (Å²) >= 11 is 3.56. The van der Waals surface area contributed by atoms with Gasteiger partial charge in [0.05, 0.1) is 5.69 Å². The van der Waals surface area contributed by atoms with Crippen LogP contribution in [-0.4, -0.2) is 13.3 Å². The van der Waals surface area contributed by atoms with Crippen molar-refractivity contribution in [2.45, 2.75) is 18.4 Å². The number of aryl methyl sites for hydroxylation is 1. The number of hydrogen-bond donors (Lipinski definition) is 0. The Morgan fingerprint density at radius 3 is 2.88 bits per heavy atom. The number of benzene rings is 2. The third-order valence-electron chi connectivity index (χ3n) is 4.50. The monoisotopic (exact) mass is 381 g/mol. The molecule has 0 spiro atoms. The summed E-state index contributed by atoms with van der Waals surface area (Å²) in [5, 5.41) is 1.24. The predicted octanol–water partition coefficient (Wildman–Crippen LogP) is 5.31. The molecule has 2 heterocycles. The van der Waals surface area contributed by atoms with E-state index in [-0.39, 0.29) is 0 Å². The molecule has 3 aromatic rings. The average Bonchev–Trinajstić information content (AvgIpc) is 3.18. The molecule has 0 fully saturated rings. The minimum atomic E-state index is 0.846. The number of rotatable bonds is 4. The van der Waals surface area contributed by atoms with Gasteiger partial charge in [-0.05, 0) is 49.6 Å². The summed E-state index contributed by atoms with van der Waals surface area (Å²) in [5.74, 6) is 1.76. The highest BCUT2D eigenvalue weighted by Crippen LogP contribution is 2.40. The van der Waals surface area contributed by atoms with E-state index in [1.54, 1.807) is 11.8 Å². The van der Waals surface area contributed by atoms with Crippen LogP contribution in [-0.2, 0) is 6.54 Å². The minimum absolute atomic E-state index is 0.846. The van der Waals surface area contributed by atoms with E-state index in [9.17, 15) is 0 Å². The number of hydrogen-bond acceptors (Lipinski definition) is 4. The van der Waals surface area contributed by atoms with Crippen molar-refractivity contribution in [2.24, 2.45) is 0 Å². The maximum Gasteiger partial charge on any atom is 0.262 e. The van der Waals surface area contributed by atoms with Gasteiger partial charge in [-0.15, -0.1) is 11.8 Å². The highest BCUT2D eigenvalue weighted by molar-refractivity contribution is 7.98. The molecule has 0 bridgehead atoms. The van der Waals surface area contributed by atoms with Gasteiger partial charge in [0.15, 0.2) is 11.6 Å². The van der Waals surface area contributed by atoms with Crippen LogP contribution in [0.25, 0.3) is 16.3 Å². The minimum Gasteiger partial charge on any atom is -0.439 e. The third kappa shape index (κ3) is 3.02. The molecule has 0 atom stereocenters. The first kappa shape index (κ1) is 17.2. The van der Waals surface area contributed by atoms with E-state index in [1.165, 1.54) is 20.1 Å². The first-order valence-corrected chi connectivity index (χ1v) is 10.6. The molecule has 0 unspecified atom stereocenters. The fraction of sp³-hybridized carbons (Fsp3) is 0.190. The van der Waals surface area contributed by atoms with Gasteiger partial charge < -0.3 is 9.64 Å². The molecule has 4 rings (SSSR count). The van der Waals surface area contributed by atoms with Crippen LogP contribution in [0.1, 0.15) is 11.9 Å². The summed E-state index contributed by atoms with van der Waals surface area (Å²) in [5.41, 5.74) is 2.40. The van der Waals surface area contributed by atoms with Crippen LogP contribution in [0, 0.1) is 0 Å². The van der Waals surface area contributed by atoms with Crippen molar-refractivity contribution < 1.29 is 9.30 Å². The van der Waals surface area contributed by atoms with Gasteiger partial charge in [-0.2, -0.15) is 4.57 Å². The molecule has 0 saturated carbocycles. The smallest absolute Gasteiger partial charge is 0.262 e. The Kier molecular flexibility index (Phi) is 4.74. The summed E-state index contributed by atoms with van der Waals surface area (Å²) in [6, 6.07) is 14.8. The van der Waals surface area contributed by atoms with Crippen molar-refractivity contribution in [1.82, 2.24) is 0 Å². The second-order valence-corrected chi connectivity index (χ2v) is 7.95. The molecule has 0 amide bonds. The first-order chi connectivity index (χ1) is 12.7. The quantitative estimate of drug-likeness (QED) is 0.450. The van der Waals surface area contributed by atoms with E-state index in [0.717, 1.165) is 23.9 Å². The number of nitrogens with zero attached hydrogens (tertiary/aromatic N) is 2. The largest absolute Gasteiger partial charge is 0.439 e. The molecule has 3 nitrogen and oxygen atoms in total. The van der Waals surface area contributed by atoms with E-state index >= 15 is 0 Å². The van der Waals surface area contributed by atoms with Crippen molar-refractivity contribution in [2.75, 3.05) is 18.2 Å². The lowest BCUT2D eigenvalue weighted by molar-refractivity contribution is -0.665. The predicted molar refractivity (Wildman–Crippen MR) is 112 cm³/mol. The lowest BCUT2D eigenvalue weighted by Gasteiger charge is -2.10. The number of anilines is 1. The number of para-hydroxylation sites is 1. The number of fused-ring (bicyclic) bond motifs is 2. The van der Waals surface area contributed by atoms with Crippen LogP contribution in [0.2, 0.25) is 0 Å². The zero-order valence-corrected chi connectivity index (χ0v) is 16.7. The molecule has 0 aliphatic carbocycles. The summed E-state index contributed by atoms with van der Waals surface area (Å²) in [6.07, 6.45) is 8.35. The SMILES string of the molecule is CC[n+]1c(/C=C/C=C2\Oc3ccc(SC)cc3N2C)sc2ccccc21. The zero-order valence-electron chi connectivity index (χ0n) is 15.1. The standard InChI is InChI=1S/C21H21N2OS2/c1-4-23-16-8-5-6-9-19(16)26-21(23)11-7-10-20-22(2)17-14-15(25-3)12-13-18(17)24-20/h5-14H,4H2,1-3H3/q+1. The highest BCUT2D eigenvalue weighted by atomic mass is 32.2. The first-order valence-electron chi connectivity index (χ1n) is 8.60. The van der Waals surface area contributed by atoms with Gasteiger partial charge in [0.2, 0.25) is 5.52 Å². The summed E-state index contributed by atoms with van der Waals surface area (Å²) in [6.45, 7) is 3.14. The zero-order chi connectivity index (χ0) is 18.1. The van der Waals surface area contributed by atoms with E-state index < -0.39 is 0 Å². The second-order valence-electron chi connectivity index (χ2n) is 6.01. The fourth-order valence-corrected chi connectivity index (χ4v) is 4.71. The van der Waals surface area contributed by atoms with E-state index in [4.69, 9.17) is 4.74 Å². The molecule has 0 N–H and O–H groups in total. The molecular formula is C21H21N2OS2+. The van der Waals surface area contributed by atoms with Crippen molar-refractivity contribution in [1.29, 1.82) is 0 Å². The van der Waals surface area contributed by atoms with Crippen LogP contribution in [0.4, 0.5) is 5.69 Å². The highest BCUT2D eigenvalue weighted by Gasteiger charge is 2.23. The summed E-state index contributed by atoms with van der Waals surface area (Å²) < 4.78 is 9.65. The molecule has 5 heteroatoms. The van der Waals surface area contributed by atoms with E-state index in [0.29, 0.717) is 0 Å². The Balaban J connectivity index is 1.61. The third-order valence-corrected chi connectivity index (χ3v) is 6.36. The Morgan fingerprint density at radius 2 is 2.08 bits per heavy atom. The maximum atomic E-state index is 6.00. The van der Waals surface area contributed by atoms with Gasteiger partial charge in [0, 0.05) is 24.1 Å². The fourth-order valence-electron chi connectivity index (χ4n) is 3.13. The number of ether oxygens (including phenoxy) is 1. The molecule has 26 heavy (non-hydrogen) atoms. The van der Waals surface area contributed by atoms with E-state index in [1.807, 2.05) is 30.5 Å². The Hall–Kier alpha value is -2.24. The number of aromatic nitrogens is 1. The molecule has 2 aromatic carbocycles. The average molecular weight is 382 g/mol. The Morgan fingerprint density at radius 1 is 1.23 bits per heavy atom. The molecule has 1 aromatic heterocycles. The molecule has 1 aliphatic rings. The molecule has 0 saturated heterocycles. The van der Waals surface area contributed by atoms with Crippen LogP contribution in [0.15, 0.2) is 65.4 Å². The Bertz CT molecular complexity index is 1020. The molecular weight excluding hydrogens is 360 g/mol. The van der Waals surface area contributed by atoms with Gasteiger partial charge in [0.25, 0.3) is 5.01 Å². The van der Waals surface area contributed by atoms with Crippen molar-refractivity contribution in [3.05, 3.63) is 65.5 Å². The normalized spacial score (nSPS) is 15.2.